The topological polar surface area (TPSA) is 64.9 Å². The van der Waals surface area contributed by atoms with Crippen LogP contribution in [0.4, 0.5) is 4.39 Å². The molecule has 0 radical (unpaired) electrons. The van der Waals surface area contributed by atoms with Crippen LogP contribution in [0.25, 0.3) is 11.4 Å². The highest BCUT2D eigenvalue weighted by molar-refractivity contribution is 9.10. The van der Waals surface area contributed by atoms with E-state index in [9.17, 15) is 4.39 Å². The van der Waals surface area contributed by atoms with Crippen molar-refractivity contribution < 1.29 is 8.91 Å². The maximum absolute atomic E-state index is 13.7. The molecule has 90 valence electrons. The Bertz CT molecular complexity index is 523. The number of hydrogen-bond donors (Lipinski definition) is 1. The fourth-order valence-corrected chi connectivity index (χ4v) is 2.77. The van der Waals surface area contributed by atoms with Crippen molar-refractivity contribution in [2.45, 2.75) is 11.4 Å². The summed E-state index contributed by atoms with van der Waals surface area (Å²) in [5.41, 5.74) is 5.92. The molecular formula is C10H9BrFN3OS. The summed E-state index contributed by atoms with van der Waals surface area (Å²) >= 11 is 4.64. The highest BCUT2D eigenvalue weighted by Crippen LogP contribution is 2.32. The number of thioether (sulfide) groups is 1. The second kappa shape index (κ2) is 5.16. The zero-order valence-electron chi connectivity index (χ0n) is 8.91. The Hall–Kier alpha value is -0.920. The molecule has 0 saturated carbocycles. The number of rotatable bonds is 3. The Morgan fingerprint density at radius 2 is 2.29 bits per heavy atom. The first-order valence-corrected chi connectivity index (χ1v) is 6.73. The summed E-state index contributed by atoms with van der Waals surface area (Å²) in [4.78, 5) is 4.59. The van der Waals surface area contributed by atoms with Crippen LogP contribution in [0.15, 0.2) is 26.0 Å². The van der Waals surface area contributed by atoms with Crippen LogP contribution in [0.5, 0.6) is 0 Å². The molecule has 2 aromatic rings. The van der Waals surface area contributed by atoms with E-state index in [1.165, 1.54) is 17.8 Å². The Morgan fingerprint density at radius 1 is 1.53 bits per heavy atom. The molecule has 1 aromatic carbocycles. The van der Waals surface area contributed by atoms with Crippen LogP contribution in [0.3, 0.4) is 0 Å². The van der Waals surface area contributed by atoms with Crippen LogP contribution >= 0.6 is 27.7 Å². The van der Waals surface area contributed by atoms with Gasteiger partial charge in [-0.1, -0.05) is 5.16 Å². The molecule has 2 N–H and O–H groups in total. The zero-order valence-corrected chi connectivity index (χ0v) is 11.3. The van der Waals surface area contributed by atoms with E-state index in [0.29, 0.717) is 26.6 Å². The Labute approximate surface area is 110 Å². The van der Waals surface area contributed by atoms with E-state index in [4.69, 9.17) is 10.3 Å². The summed E-state index contributed by atoms with van der Waals surface area (Å²) < 4.78 is 19.3. The molecule has 4 nitrogen and oxygen atoms in total. The van der Waals surface area contributed by atoms with Crippen molar-refractivity contribution >= 4 is 27.7 Å². The number of halogens is 2. The molecule has 2 rings (SSSR count). The summed E-state index contributed by atoms with van der Waals surface area (Å²) in [6.07, 6.45) is 1.81. The molecule has 0 aliphatic carbocycles. The third kappa shape index (κ3) is 2.51. The molecule has 1 aromatic heterocycles. The first-order valence-electron chi connectivity index (χ1n) is 4.71. The summed E-state index contributed by atoms with van der Waals surface area (Å²) in [6.45, 7) is 0.166. The minimum atomic E-state index is -0.319. The second-order valence-electron chi connectivity index (χ2n) is 3.19. The molecule has 0 aliphatic rings. The number of benzene rings is 1. The van der Waals surface area contributed by atoms with Crippen molar-refractivity contribution in [3.05, 3.63) is 28.3 Å². The number of nitrogens with zero attached hydrogens (tertiary/aromatic N) is 2. The maximum Gasteiger partial charge on any atom is 0.240 e. The van der Waals surface area contributed by atoms with Gasteiger partial charge in [-0.05, 0) is 34.3 Å². The van der Waals surface area contributed by atoms with Crippen molar-refractivity contribution in [2.24, 2.45) is 5.73 Å². The van der Waals surface area contributed by atoms with E-state index >= 15 is 0 Å². The van der Waals surface area contributed by atoms with Gasteiger partial charge in [0.15, 0.2) is 0 Å². The molecule has 0 atom stereocenters. The van der Waals surface area contributed by atoms with E-state index in [-0.39, 0.29) is 12.4 Å². The number of hydrogen-bond acceptors (Lipinski definition) is 5. The summed E-state index contributed by atoms with van der Waals surface area (Å²) in [6, 6.07) is 3.13. The molecule has 0 unspecified atom stereocenters. The van der Waals surface area contributed by atoms with Crippen LogP contribution in [-0.4, -0.2) is 16.4 Å². The predicted octanol–water partition coefficient (Wildman–Crippen LogP) is 2.82. The van der Waals surface area contributed by atoms with Gasteiger partial charge in [-0.15, -0.1) is 11.8 Å². The SMILES string of the molecule is CSc1c(F)cc(-c2noc(CN)n2)cc1Br. The fourth-order valence-electron chi connectivity index (χ4n) is 1.34. The van der Waals surface area contributed by atoms with Gasteiger partial charge < -0.3 is 10.3 Å². The highest BCUT2D eigenvalue weighted by atomic mass is 79.9. The number of nitrogens with two attached hydrogens (primary N) is 1. The summed E-state index contributed by atoms with van der Waals surface area (Å²) in [5.74, 6) is 0.337. The largest absolute Gasteiger partial charge is 0.338 e. The second-order valence-corrected chi connectivity index (χ2v) is 4.86. The first kappa shape index (κ1) is 12.5. The standard InChI is InChI=1S/C10H9BrFN3OS/c1-17-9-6(11)2-5(3-7(9)12)10-14-8(4-13)16-15-10/h2-3H,4,13H2,1H3. The van der Waals surface area contributed by atoms with E-state index in [2.05, 4.69) is 26.1 Å². The van der Waals surface area contributed by atoms with Crippen LogP contribution < -0.4 is 5.73 Å². The zero-order chi connectivity index (χ0) is 12.4. The fraction of sp³-hybridized carbons (Fsp3) is 0.200. The summed E-state index contributed by atoms with van der Waals surface area (Å²) in [7, 11) is 0. The molecule has 7 heteroatoms. The molecule has 1 heterocycles. The maximum atomic E-state index is 13.7. The lowest BCUT2D eigenvalue weighted by atomic mass is 10.2. The molecule has 0 amide bonds. The van der Waals surface area contributed by atoms with E-state index in [1.54, 1.807) is 6.07 Å². The quantitative estimate of drug-likeness (QED) is 0.882. The van der Waals surface area contributed by atoms with Gasteiger partial charge in [0, 0.05) is 10.0 Å². The Balaban J connectivity index is 2.46. The van der Waals surface area contributed by atoms with E-state index in [1.807, 2.05) is 6.26 Å². The van der Waals surface area contributed by atoms with Crippen molar-refractivity contribution in [3.8, 4) is 11.4 Å². The summed E-state index contributed by atoms with van der Waals surface area (Å²) in [5, 5.41) is 3.73. The Kier molecular flexibility index (Phi) is 3.80. The predicted molar refractivity (Wildman–Crippen MR) is 67.1 cm³/mol. The third-order valence-corrected chi connectivity index (χ3v) is 3.81. The molecule has 0 fully saturated rings. The lowest BCUT2D eigenvalue weighted by Crippen LogP contribution is -1.95. The van der Waals surface area contributed by atoms with Gasteiger partial charge in [0.25, 0.3) is 0 Å². The van der Waals surface area contributed by atoms with Crippen LogP contribution in [0.1, 0.15) is 5.89 Å². The smallest absolute Gasteiger partial charge is 0.240 e. The molecule has 0 saturated heterocycles. The van der Waals surface area contributed by atoms with Crippen molar-refractivity contribution in [1.29, 1.82) is 0 Å². The van der Waals surface area contributed by atoms with Gasteiger partial charge in [0.1, 0.15) is 5.82 Å². The normalized spacial score (nSPS) is 10.8. The molecular weight excluding hydrogens is 309 g/mol. The number of aromatic nitrogens is 2. The first-order chi connectivity index (χ1) is 8.15. The lowest BCUT2D eigenvalue weighted by molar-refractivity contribution is 0.380. The van der Waals surface area contributed by atoms with Gasteiger partial charge in [-0.3, -0.25) is 0 Å². The molecule has 0 spiro atoms. The molecule has 17 heavy (non-hydrogen) atoms. The van der Waals surface area contributed by atoms with Crippen LogP contribution in [0.2, 0.25) is 0 Å². The van der Waals surface area contributed by atoms with Crippen molar-refractivity contribution in [1.82, 2.24) is 10.1 Å². The van der Waals surface area contributed by atoms with E-state index in [0.717, 1.165) is 0 Å². The van der Waals surface area contributed by atoms with Gasteiger partial charge in [-0.2, -0.15) is 4.98 Å². The third-order valence-electron chi connectivity index (χ3n) is 2.10. The van der Waals surface area contributed by atoms with Gasteiger partial charge in [-0.25, -0.2) is 4.39 Å². The minimum absolute atomic E-state index is 0.166. The van der Waals surface area contributed by atoms with Crippen LogP contribution in [0, 0.1) is 5.82 Å². The average Bonchev–Trinajstić information content (AvgIpc) is 2.77. The van der Waals surface area contributed by atoms with E-state index < -0.39 is 0 Å². The van der Waals surface area contributed by atoms with Crippen LogP contribution in [-0.2, 0) is 6.54 Å². The van der Waals surface area contributed by atoms with Gasteiger partial charge in [0.2, 0.25) is 11.7 Å². The Morgan fingerprint density at radius 3 is 2.82 bits per heavy atom. The van der Waals surface area contributed by atoms with Gasteiger partial charge >= 0.3 is 0 Å². The monoisotopic (exact) mass is 317 g/mol. The van der Waals surface area contributed by atoms with Crippen molar-refractivity contribution in [2.75, 3.05) is 6.26 Å². The lowest BCUT2D eigenvalue weighted by Gasteiger charge is -2.04. The minimum Gasteiger partial charge on any atom is -0.338 e. The molecule has 0 aliphatic heterocycles. The van der Waals surface area contributed by atoms with Gasteiger partial charge in [0.05, 0.1) is 11.4 Å². The highest BCUT2D eigenvalue weighted by Gasteiger charge is 2.13. The molecule has 0 bridgehead atoms. The van der Waals surface area contributed by atoms with Crippen molar-refractivity contribution in [3.63, 3.8) is 0 Å². The average molecular weight is 318 g/mol.